The van der Waals surface area contributed by atoms with E-state index in [-0.39, 0.29) is 0 Å². The van der Waals surface area contributed by atoms with Gasteiger partial charge in [-0.3, -0.25) is 0 Å². The van der Waals surface area contributed by atoms with Gasteiger partial charge in [0.25, 0.3) is 0 Å². The highest BCUT2D eigenvalue weighted by atomic mass is 14.1. The van der Waals surface area contributed by atoms with Gasteiger partial charge in [-0.2, -0.15) is 0 Å². The van der Waals surface area contributed by atoms with E-state index in [9.17, 15) is 0 Å². The van der Waals surface area contributed by atoms with Crippen molar-refractivity contribution in [2.24, 2.45) is 0 Å². The van der Waals surface area contributed by atoms with Gasteiger partial charge in [0, 0.05) is 0 Å². The summed E-state index contributed by atoms with van der Waals surface area (Å²) in [6, 6.07) is 20.4. The average Bonchev–Trinajstić information content (AvgIpc) is 3.11. The molecule has 0 heteroatoms. The van der Waals surface area contributed by atoms with Gasteiger partial charge < -0.3 is 0 Å². The zero-order chi connectivity index (χ0) is 15.2. The molecule has 0 spiro atoms. The number of allylic oxidation sites excluding steroid dienone is 4. The lowest BCUT2D eigenvalue weighted by Crippen LogP contribution is -1.90. The summed E-state index contributed by atoms with van der Waals surface area (Å²) < 4.78 is 0. The van der Waals surface area contributed by atoms with Crippen molar-refractivity contribution in [3.63, 3.8) is 0 Å². The third kappa shape index (κ3) is 2.06. The summed E-state index contributed by atoms with van der Waals surface area (Å²) in [5.41, 5.74) is 3.00. The molecule has 0 nitrogen and oxygen atoms in total. The maximum atomic E-state index is 2.39. The maximum Gasteiger partial charge on any atom is -0.00266 e. The summed E-state index contributed by atoms with van der Waals surface area (Å²) in [5, 5.41) is 8.27. The lowest BCUT2D eigenvalue weighted by Gasteiger charge is -2.12. The molecule has 110 valence electrons. The van der Waals surface area contributed by atoms with Crippen molar-refractivity contribution in [3.05, 3.63) is 84.0 Å². The average molecular weight is 294 g/mol. The SMILES string of the molecule is C1=CCC(CCc2cc3ccc4cccc5ccc(c2)c3c45)=C1. The van der Waals surface area contributed by atoms with Crippen molar-refractivity contribution in [3.8, 4) is 0 Å². The van der Waals surface area contributed by atoms with Crippen molar-refractivity contribution in [1.29, 1.82) is 0 Å². The molecule has 0 amide bonds. The Morgan fingerprint density at radius 1 is 0.696 bits per heavy atom. The molecular weight excluding hydrogens is 276 g/mol. The topological polar surface area (TPSA) is 0 Å². The normalized spacial score (nSPS) is 14.3. The molecular formula is C23H18. The van der Waals surface area contributed by atoms with Gasteiger partial charge in [0.05, 0.1) is 0 Å². The van der Waals surface area contributed by atoms with Gasteiger partial charge >= 0.3 is 0 Å². The minimum Gasteiger partial charge on any atom is -0.0805 e. The summed E-state index contributed by atoms with van der Waals surface area (Å²) in [7, 11) is 0. The fourth-order valence-corrected chi connectivity index (χ4v) is 3.94. The number of aryl methyl sites for hydroxylation is 1. The molecule has 0 fully saturated rings. The Bertz CT molecular complexity index is 1020. The third-order valence-electron chi connectivity index (χ3n) is 5.11. The van der Waals surface area contributed by atoms with Gasteiger partial charge in [-0.1, -0.05) is 78.4 Å². The van der Waals surface area contributed by atoms with Crippen molar-refractivity contribution in [2.45, 2.75) is 19.3 Å². The van der Waals surface area contributed by atoms with Crippen molar-refractivity contribution < 1.29 is 0 Å². The molecule has 23 heavy (non-hydrogen) atoms. The Hall–Kier alpha value is -2.60. The predicted octanol–water partition coefficient (Wildman–Crippen LogP) is 6.40. The molecule has 1 aliphatic rings. The molecule has 1 aliphatic carbocycles. The molecule has 5 rings (SSSR count). The smallest absolute Gasteiger partial charge is 0.00266 e. The highest BCUT2D eigenvalue weighted by Crippen LogP contribution is 2.35. The lowest BCUT2D eigenvalue weighted by atomic mass is 9.91. The predicted molar refractivity (Wildman–Crippen MR) is 100 cm³/mol. The van der Waals surface area contributed by atoms with Crippen LogP contribution in [0.5, 0.6) is 0 Å². The summed E-state index contributed by atoms with van der Waals surface area (Å²) in [6.07, 6.45) is 10.1. The van der Waals surface area contributed by atoms with E-state index >= 15 is 0 Å². The van der Waals surface area contributed by atoms with Gasteiger partial charge in [-0.05, 0) is 57.1 Å². The summed E-state index contributed by atoms with van der Waals surface area (Å²) >= 11 is 0. The molecule has 0 heterocycles. The molecule has 0 atom stereocenters. The zero-order valence-corrected chi connectivity index (χ0v) is 13.0. The van der Waals surface area contributed by atoms with Crippen LogP contribution in [0.1, 0.15) is 18.4 Å². The van der Waals surface area contributed by atoms with Crippen molar-refractivity contribution in [1.82, 2.24) is 0 Å². The van der Waals surface area contributed by atoms with E-state index in [1.807, 2.05) is 0 Å². The number of benzene rings is 4. The summed E-state index contributed by atoms with van der Waals surface area (Å²) in [5.74, 6) is 0. The fraction of sp³-hybridized carbons (Fsp3) is 0.130. The van der Waals surface area contributed by atoms with Crippen LogP contribution in [0.3, 0.4) is 0 Å². The van der Waals surface area contributed by atoms with Crippen molar-refractivity contribution in [2.75, 3.05) is 0 Å². The van der Waals surface area contributed by atoms with E-state index in [4.69, 9.17) is 0 Å². The molecule has 4 aromatic carbocycles. The van der Waals surface area contributed by atoms with E-state index in [0.717, 1.165) is 12.8 Å². The number of rotatable bonds is 3. The second-order valence-corrected chi connectivity index (χ2v) is 6.58. The maximum absolute atomic E-state index is 2.39. The minimum atomic E-state index is 1.13. The fourth-order valence-electron chi connectivity index (χ4n) is 3.94. The second-order valence-electron chi connectivity index (χ2n) is 6.58. The minimum absolute atomic E-state index is 1.13. The van der Waals surface area contributed by atoms with Crippen LogP contribution in [0.2, 0.25) is 0 Å². The largest absolute Gasteiger partial charge is 0.0805 e. The molecule has 0 unspecified atom stereocenters. The van der Waals surface area contributed by atoms with Crippen LogP contribution in [0.25, 0.3) is 32.3 Å². The first-order valence-electron chi connectivity index (χ1n) is 8.39. The van der Waals surface area contributed by atoms with Gasteiger partial charge in [0.15, 0.2) is 0 Å². The van der Waals surface area contributed by atoms with Crippen LogP contribution in [-0.2, 0) is 6.42 Å². The Balaban J connectivity index is 1.65. The van der Waals surface area contributed by atoms with E-state index in [1.165, 1.54) is 44.3 Å². The monoisotopic (exact) mass is 294 g/mol. The van der Waals surface area contributed by atoms with Gasteiger partial charge in [0.2, 0.25) is 0 Å². The van der Waals surface area contributed by atoms with E-state index in [1.54, 1.807) is 5.57 Å². The van der Waals surface area contributed by atoms with E-state index in [0.29, 0.717) is 0 Å². The van der Waals surface area contributed by atoms with Crippen LogP contribution >= 0.6 is 0 Å². The van der Waals surface area contributed by atoms with Gasteiger partial charge in [-0.15, -0.1) is 0 Å². The van der Waals surface area contributed by atoms with Crippen LogP contribution in [0, 0.1) is 0 Å². The number of hydrogen-bond donors (Lipinski definition) is 0. The van der Waals surface area contributed by atoms with Gasteiger partial charge in [-0.25, -0.2) is 0 Å². The summed E-state index contributed by atoms with van der Waals surface area (Å²) in [6.45, 7) is 0. The Morgan fingerprint density at radius 2 is 1.35 bits per heavy atom. The van der Waals surface area contributed by atoms with Crippen LogP contribution in [0.15, 0.2) is 78.4 Å². The first-order chi connectivity index (χ1) is 11.4. The van der Waals surface area contributed by atoms with E-state index in [2.05, 4.69) is 72.8 Å². The quantitative estimate of drug-likeness (QED) is 0.383. The summed E-state index contributed by atoms with van der Waals surface area (Å²) in [4.78, 5) is 0. The first kappa shape index (κ1) is 12.9. The third-order valence-corrected chi connectivity index (χ3v) is 5.11. The van der Waals surface area contributed by atoms with E-state index < -0.39 is 0 Å². The molecule has 0 radical (unpaired) electrons. The molecule has 0 saturated carbocycles. The zero-order valence-electron chi connectivity index (χ0n) is 13.0. The molecule has 0 N–H and O–H groups in total. The number of hydrogen-bond acceptors (Lipinski definition) is 0. The molecule has 0 bridgehead atoms. The van der Waals surface area contributed by atoms with Crippen LogP contribution in [0.4, 0.5) is 0 Å². The van der Waals surface area contributed by atoms with Crippen molar-refractivity contribution >= 4 is 32.3 Å². The molecule has 0 saturated heterocycles. The Labute approximate surface area is 136 Å². The molecule has 0 aliphatic heterocycles. The highest BCUT2D eigenvalue weighted by molar-refractivity contribution is 6.23. The molecule has 4 aromatic rings. The van der Waals surface area contributed by atoms with Crippen LogP contribution < -0.4 is 0 Å². The highest BCUT2D eigenvalue weighted by Gasteiger charge is 2.09. The first-order valence-corrected chi connectivity index (χ1v) is 8.39. The Morgan fingerprint density at radius 3 is 2.00 bits per heavy atom. The van der Waals surface area contributed by atoms with Crippen LogP contribution in [-0.4, -0.2) is 0 Å². The second kappa shape index (κ2) is 4.96. The Kier molecular flexibility index (Phi) is 2.78. The van der Waals surface area contributed by atoms with Gasteiger partial charge in [0.1, 0.15) is 0 Å². The standard InChI is InChI=1S/C23H18/c1-2-5-16(4-1)8-9-17-14-20-12-10-18-6-3-7-19-11-13-21(15-17)23(20)22(18)19/h1-4,6-7,10-15H,5,8-9H2. The lowest BCUT2D eigenvalue weighted by molar-refractivity contribution is 0.922. The molecule has 0 aromatic heterocycles.